The van der Waals surface area contributed by atoms with Gasteiger partial charge < -0.3 is 20.9 Å². The Kier molecular flexibility index (Phi) is 4.85. The van der Waals surface area contributed by atoms with Crippen molar-refractivity contribution in [1.82, 2.24) is 0 Å². The van der Waals surface area contributed by atoms with Crippen molar-refractivity contribution < 1.29 is 19.1 Å². The summed E-state index contributed by atoms with van der Waals surface area (Å²) in [5.74, 6) is -1.08. The highest BCUT2D eigenvalue weighted by atomic mass is 16.6. The molecule has 0 atom stereocenters. The maximum Gasteiger partial charge on any atom is 0.338 e. The first-order valence-corrected chi connectivity index (χ1v) is 6.97. The minimum Gasteiger partial charge on any atom is -0.459 e. The Bertz CT molecular complexity index is 784. The van der Waals surface area contributed by atoms with Crippen LogP contribution in [0.15, 0.2) is 42.5 Å². The summed E-state index contributed by atoms with van der Waals surface area (Å²) in [4.78, 5) is 23.4. The van der Waals surface area contributed by atoms with Crippen LogP contribution in [0.3, 0.4) is 0 Å². The van der Waals surface area contributed by atoms with E-state index >= 15 is 0 Å². The van der Waals surface area contributed by atoms with Crippen LogP contribution in [0.2, 0.25) is 0 Å². The number of carbonyl (C=O) groups is 2. The van der Waals surface area contributed by atoms with Crippen molar-refractivity contribution in [1.29, 1.82) is 0 Å². The number of esters is 2. The summed E-state index contributed by atoms with van der Waals surface area (Å²) in [7, 11) is 0. The molecule has 0 saturated carbocycles. The number of hydrogen-bond acceptors (Lipinski definition) is 6. The molecule has 0 fully saturated rings. The minimum atomic E-state index is -0.556. The maximum absolute atomic E-state index is 12.2. The maximum atomic E-state index is 12.2. The SMILES string of the molecule is C=C(C)C(=O)OCCOC(=O)c1cc(N)cc2c(N)cccc12. The lowest BCUT2D eigenvalue weighted by Gasteiger charge is -2.10. The van der Waals surface area contributed by atoms with Crippen molar-refractivity contribution in [3.63, 3.8) is 0 Å². The van der Waals surface area contributed by atoms with Crippen LogP contribution in [0.1, 0.15) is 17.3 Å². The van der Waals surface area contributed by atoms with E-state index in [4.69, 9.17) is 20.9 Å². The standard InChI is InChI=1S/C17H18N2O4/c1-10(2)16(20)22-6-7-23-17(21)14-9-11(18)8-13-12(14)4-3-5-15(13)19/h3-5,8-9H,1,6-7,18-19H2,2H3. The fraction of sp³-hybridized carbons (Fsp3) is 0.176. The van der Waals surface area contributed by atoms with Crippen molar-refractivity contribution >= 4 is 34.1 Å². The second-order valence-electron chi connectivity index (χ2n) is 5.06. The van der Waals surface area contributed by atoms with E-state index in [-0.39, 0.29) is 18.8 Å². The molecule has 120 valence electrons. The Hall–Kier alpha value is -3.02. The van der Waals surface area contributed by atoms with Crippen LogP contribution in [-0.4, -0.2) is 25.2 Å². The van der Waals surface area contributed by atoms with Crippen LogP contribution in [0.25, 0.3) is 10.8 Å². The predicted molar refractivity (Wildman–Crippen MR) is 88.8 cm³/mol. The van der Waals surface area contributed by atoms with Crippen LogP contribution in [-0.2, 0) is 14.3 Å². The monoisotopic (exact) mass is 314 g/mol. The van der Waals surface area contributed by atoms with E-state index in [0.717, 1.165) is 0 Å². The van der Waals surface area contributed by atoms with Gasteiger partial charge in [-0.3, -0.25) is 0 Å². The fourth-order valence-electron chi connectivity index (χ4n) is 2.07. The van der Waals surface area contributed by atoms with Gasteiger partial charge >= 0.3 is 11.9 Å². The lowest BCUT2D eigenvalue weighted by Crippen LogP contribution is -2.14. The molecule has 0 radical (unpaired) electrons. The Morgan fingerprint density at radius 3 is 2.48 bits per heavy atom. The highest BCUT2D eigenvalue weighted by Crippen LogP contribution is 2.27. The van der Waals surface area contributed by atoms with Gasteiger partial charge in [0.1, 0.15) is 13.2 Å². The zero-order chi connectivity index (χ0) is 17.0. The molecular formula is C17H18N2O4. The quantitative estimate of drug-likeness (QED) is 0.380. The van der Waals surface area contributed by atoms with Crippen LogP contribution < -0.4 is 11.5 Å². The number of carbonyl (C=O) groups excluding carboxylic acids is 2. The molecule has 23 heavy (non-hydrogen) atoms. The van der Waals surface area contributed by atoms with Crippen molar-refractivity contribution in [2.75, 3.05) is 24.7 Å². The van der Waals surface area contributed by atoms with Crippen molar-refractivity contribution in [2.24, 2.45) is 0 Å². The summed E-state index contributed by atoms with van der Waals surface area (Å²) < 4.78 is 9.98. The first kappa shape index (κ1) is 16.4. The van der Waals surface area contributed by atoms with E-state index in [1.54, 1.807) is 24.3 Å². The molecule has 0 aliphatic heterocycles. The number of hydrogen-bond donors (Lipinski definition) is 2. The van der Waals surface area contributed by atoms with Crippen LogP contribution in [0.4, 0.5) is 11.4 Å². The Morgan fingerprint density at radius 2 is 1.78 bits per heavy atom. The zero-order valence-corrected chi connectivity index (χ0v) is 12.8. The molecule has 0 bridgehead atoms. The van der Waals surface area contributed by atoms with E-state index in [1.807, 2.05) is 0 Å². The molecule has 6 nitrogen and oxygen atoms in total. The lowest BCUT2D eigenvalue weighted by molar-refractivity contribution is -0.140. The molecule has 0 unspecified atom stereocenters. The first-order chi connectivity index (χ1) is 10.9. The summed E-state index contributed by atoms with van der Waals surface area (Å²) in [5, 5.41) is 1.34. The fourth-order valence-corrected chi connectivity index (χ4v) is 2.07. The van der Waals surface area contributed by atoms with Gasteiger partial charge in [0.25, 0.3) is 0 Å². The van der Waals surface area contributed by atoms with Gasteiger partial charge in [-0.05, 0) is 30.5 Å². The highest BCUT2D eigenvalue weighted by Gasteiger charge is 2.14. The summed E-state index contributed by atoms with van der Waals surface area (Å²) in [6, 6.07) is 8.48. The molecule has 4 N–H and O–H groups in total. The van der Waals surface area contributed by atoms with Gasteiger partial charge in [0.2, 0.25) is 0 Å². The van der Waals surface area contributed by atoms with E-state index < -0.39 is 11.9 Å². The topological polar surface area (TPSA) is 105 Å². The Morgan fingerprint density at radius 1 is 1.09 bits per heavy atom. The second kappa shape index (κ2) is 6.83. The van der Waals surface area contributed by atoms with Crippen LogP contribution >= 0.6 is 0 Å². The highest BCUT2D eigenvalue weighted by molar-refractivity contribution is 6.09. The molecule has 2 rings (SSSR count). The molecule has 0 spiro atoms. The average molecular weight is 314 g/mol. The van der Waals surface area contributed by atoms with Gasteiger partial charge in [0.15, 0.2) is 0 Å². The molecule has 0 aliphatic carbocycles. The minimum absolute atomic E-state index is 0.0418. The van der Waals surface area contributed by atoms with Gasteiger partial charge in [-0.2, -0.15) is 0 Å². The zero-order valence-electron chi connectivity index (χ0n) is 12.8. The Labute approximate surface area is 133 Å². The van der Waals surface area contributed by atoms with Gasteiger partial charge in [-0.15, -0.1) is 0 Å². The second-order valence-corrected chi connectivity index (χ2v) is 5.06. The van der Waals surface area contributed by atoms with Gasteiger partial charge in [-0.25, -0.2) is 9.59 Å². The number of benzene rings is 2. The smallest absolute Gasteiger partial charge is 0.338 e. The summed E-state index contributed by atoms with van der Waals surface area (Å²) in [6.07, 6.45) is 0. The first-order valence-electron chi connectivity index (χ1n) is 6.97. The number of nitrogen functional groups attached to an aromatic ring is 2. The predicted octanol–water partition coefficient (Wildman–Crippen LogP) is 2.28. The largest absolute Gasteiger partial charge is 0.459 e. The molecule has 0 aromatic heterocycles. The molecular weight excluding hydrogens is 296 g/mol. The Balaban J connectivity index is 2.11. The average Bonchev–Trinajstić information content (AvgIpc) is 2.51. The van der Waals surface area contributed by atoms with E-state index in [9.17, 15) is 9.59 Å². The molecule has 0 aliphatic rings. The molecule has 0 heterocycles. The van der Waals surface area contributed by atoms with Gasteiger partial charge in [-0.1, -0.05) is 18.7 Å². The molecule has 6 heteroatoms. The lowest BCUT2D eigenvalue weighted by atomic mass is 10.0. The number of rotatable bonds is 5. The molecule has 0 saturated heterocycles. The van der Waals surface area contributed by atoms with Crippen molar-refractivity contribution in [2.45, 2.75) is 6.92 Å². The summed E-state index contributed by atoms with van der Waals surface area (Å²) >= 11 is 0. The number of fused-ring (bicyclic) bond motifs is 1. The van der Waals surface area contributed by atoms with Gasteiger partial charge in [0.05, 0.1) is 5.56 Å². The molecule has 2 aromatic carbocycles. The summed E-state index contributed by atoms with van der Waals surface area (Å²) in [5.41, 5.74) is 13.3. The van der Waals surface area contributed by atoms with Crippen molar-refractivity contribution in [3.05, 3.63) is 48.0 Å². The van der Waals surface area contributed by atoms with Crippen molar-refractivity contribution in [3.8, 4) is 0 Å². The van der Waals surface area contributed by atoms with Crippen LogP contribution in [0, 0.1) is 0 Å². The number of nitrogens with two attached hydrogens (primary N) is 2. The third-order valence-corrected chi connectivity index (χ3v) is 3.17. The number of anilines is 2. The molecule has 2 aromatic rings. The molecule has 0 amide bonds. The van der Waals surface area contributed by atoms with E-state index in [1.165, 1.54) is 13.0 Å². The third-order valence-electron chi connectivity index (χ3n) is 3.17. The van der Waals surface area contributed by atoms with Crippen LogP contribution in [0.5, 0.6) is 0 Å². The van der Waals surface area contributed by atoms with E-state index in [0.29, 0.717) is 27.7 Å². The van der Waals surface area contributed by atoms with E-state index in [2.05, 4.69) is 6.58 Å². The number of ether oxygens (including phenoxy) is 2. The van der Waals surface area contributed by atoms with Gasteiger partial charge in [0, 0.05) is 22.3 Å². The third kappa shape index (κ3) is 3.79. The normalized spacial score (nSPS) is 10.3. The summed E-state index contributed by atoms with van der Waals surface area (Å²) in [6.45, 7) is 4.90.